The van der Waals surface area contributed by atoms with Gasteiger partial charge in [-0.3, -0.25) is 9.59 Å². The Labute approximate surface area is 231 Å². The Bertz CT molecular complexity index is 1600. The number of ether oxygens (including phenoxy) is 1. The second-order valence-electron chi connectivity index (χ2n) is 9.27. The van der Waals surface area contributed by atoms with E-state index in [2.05, 4.69) is 15.6 Å². The third kappa shape index (κ3) is 6.15. The number of aromatic nitrogens is 3. The first kappa shape index (κ1) is 26.6. The van der Waals surface area contributed by atoms with Gasteiger partial charge in [-0.05, 0) is 53.1 Å². The minimum Gasteiger partial charge on any atom is -0.497 e. The summed E-state index contributed by atoms with van der Waals surface area (Å²) < 4.78 is 20.3. The van der Waals surface area contributed by atoms with E-state index in [4.69, 9.17) is 4.74 Å². The molecular formula is C31H28FN5O3. The summed E-state index contributed by atoms with van der Waals surface area (Å²) in [6.07, 6.45) is 0. The number of nitrogens with one attached hydrogen (secondary N) is 1. The van der Waals surface area contributed by atoms with E-state index >= 15 is 0 Å². The van der Waals surface area contributed by atoms with Crippen molar-refractivity contribution in [3.63, 3.8) is 0 Å². The van der Waals surface area contributed by atoms with Gasteiger partial charge in [0, 0.05) is 13.1 Å². The van der Waals surface area contributed by atoms with Crippen molar-refractivity contribution in [2.24, 2.45) is 0 Å². The molecule has 0 radical (unpaired) electrons. The van der Waals surface area contributed by atoms with Crippen LogP contribution >= 0.6 is 0 Å². The van der Waals surface area contributed by atoms with E-state index < -0.39 is 6.04 Å². The van der Waals surface area contributed by atoms with Crippen molar-refractivity contribution < 1.29 is 18.7 Å². The van der Waals surface area contributed by atoms with Crippen LogP contribution in [-0.4, -0.2) is 38.8 Å². The number of benzene rings is 4. The zero-order valence-electron chi connectivity index (χ0n) is 21.9. The largest absolute Gasteiger partial charge is 0.497 e. The van der Waals surface area contributed by atoms with Crippen molar-refractivity contribution in [1.82, 2.24) is 25.2 Å². The van der Waals surface area contributed by atoms with Gasteiger partial charge in [0.25, 0.3) is 0 Å². The monoisotopic (exact) mass is 537 g/mol. The molecule has 202 valence electrons. The fourth-order valence-corrected chi connectivity index (χ4v) is 4.54. The van der Waals surface area contributed by atoms with E-state index in [0.717, 1.165) is 11.1 Å². The highest BCUT2D eigenvalue weighted by Gasteiger charge is 2.32. The summed E-state index contributed by atoms with van der Waals surface area (Å²) >= 11 is 0. The summed E-state index contributed by atoms with van der Waals surface area (Å²) in [5.74, 6) is -0.392. The van der Waals surface area contributed by atoms with Gasteiger partial charge in [0.1, 0.15) is 29.7 Å². The highest BCUT2D eigenvalue weighted by molar-refractivity contribution is 5.89. The molecule has 2 amide bonds. The Hall–Kier alpha value is -5.05. The number of amides is 2. The average Bonchev–Trinajstić information content (AvgIpc) is 3.39. The predicted octanol–water partition coefficient (Wildman–Crippen LogP) is 4.67. The highest BCUT2D eigenvalue weighted by Crippen LogP contribution is 2.26. The summed E-state index contributed by atoms with van der Waals surface area (Å²) in [5, 5.41) is 11.3. The lowest BCUT2D eigenvalue weighted by Crippen LogP contribution is -2.44. The van der Waals surface area contributed by atoms with Crippen molar-refractivity contribution in [2.45, 2.75) is 25.7 Å². The number of nitrogens with zero attached hydrogens (tertiary/aromatic N) is 4. The molecule has 9 heteroatoms. The summed E-state index contributed by atoms with van der Waals surface area (Å²) in [7, 11) is 1.58. The molecule has 1 heterocycles. The number of rotatable bonds is 10. The normalized spacial score (nSPS) is 11.7. The Morgan fingerprint density at radius 2 is 1.68 bits per heavy atom. The molecule has 1 N–H and O–H groups in total. The van der Waals surface area contributed by atoms with Crippen molar-refractivity contribution in [1.29, 1.82) is 0 Å². The molecule has 8 nitrogen and oxygen atoms in total. The van der Waals surface area contributed by atoms with Crippen LogP contribution in [0.1, 0.15) is 22.7 Å². The number of carbonyl (C=O) groups excluding carboxylic acids is 2. The number of methoxy groups -OCH3 is 1. The smallest absolute Gasteiger partial charge is 0.247 e. The number of hydrogen-bond donors (Lipinski definition) is 1. The van der Waals surface area contributed by atoms with Crippen LogP contribution in [0.5, 0.6) is 5.75 Å². The summed E-state index contributed by atoms with van der Waals surface area (Å²) in [6.45, 7) is 0.211. The maximum atomic E-state index is 14.0. The van der Waals surface area contributed by atoms with Crippen LogP contribution in [0.2, 0.25) is 0 Å². The molecule has 0 bridgehead atoms. The van der Waals surface area contributed by atoms with Crippen molar-refractivity contribution in [3.8, 4) is 5.75 Å². The van der Waals surface area contributed by atoms with E-state index in [1.54, 1.807) is 24.1 Å². The van der Waals surface area contributed by atoms with Gasteiger partial charge in [0.15, 0.2) is 0 Å². The van der Waals surface area contributed by atoms with E-state index in [1.165, 1.54) is 16.8 Å². The minimum absolute atomic E-state index is 0.112. The van der Waals surface area contributed by atoms with Gasteiger partial charge in [-0.15, -0.1) is 5.10 Å². The average molecular weight is 538 g/mol. The van der Waals surface area contributed by atoms with Gasteiger partial charge in [0.05, 0.1) is 12.6 Å². The lowest BCUT2D eigenvalue weighted by molar-refractivity contribution is -0.142. The van der Waals surface area contributed by atoms with Gasteiger partial charge in [-0.1, -0.05) is 71.9 Å². The predicted molar refractivity (Wildman–Crippen MR) is 149 cm³/mol. The van der Waals surface area contributed by atoms with Gasteiger partial charge in [0.2, 0.25) is 11.8 Å². The highest BCUT2D eigenvalue weighted by atomic mass is 19.1. The summed E-state index contributed by atoms with van der Waals surface area (Å²) in [5.41, 5.74) is 3.57. The SMILES string of the molecule is COc1cccc(CN(C(=O)Cn2nnc3ccccc32)[C@H](C(=O)NCc2ccc(F)cc2)c2ccccc2)c1. The molecule has 0 saturated carbocycles. The standard InChI is InChI=1S/C31H28FN5O3/c1-40-26-11-7-8-23(18-26)20-36(29(38)21-37-28-13-6-5-12-27(28)34-35-37)30(24-9-3-2-4-10-24)31(39)33-19-22-14-16-25(32)17-15-22/h2-18,30H,19-21H2,1H3,(H,33,39)/t30-/m0/s1. The van der Waals surface area contributed by atoms with Crippen LogP contribution in [0.3, 0.4) is 0 Å². The Kier molecular flexibility index (Phi) is 8.10. The van der Waals surface area contributed by atoms with Gasteiger partial charge in [-0.2, -0.15) is 0 Å². The third-order valence-corrected chi connectivity index (χ3v) is 6.57. The molecule has 0 spiro atoms. The molecule has 40 heavy (non-hydrogen) atoms. The Balaban J connectivity index is 1.50. The maximum Gasteiger partial charge on any atom is 0.247 e. The molecule has 0 fully saturated rings. The molecule has 0 unspecified atom stereocenters. The molecule has 0 saturated heterocycles. The van der Waals surface area contributed by atoms with Gasteiger partial charge >= 0.3 is 0 Å². The van der Waals surface area contributed by atoms with Crippen LogP contribution in [0.15, 0.2) is 103 Å². The second kappa shape index (κ2) is 12.2. The lowest BCUT2D eigenvalue weighted by atomic mass is 10.0. The topological polar surface area (TPSA) is 89.3 Å². The number of carbonyl (C=O) groups is 2. The number of fused-ring (bicyclic) bond motifs is 1. The molecule has 4 aromatic carbocycles. The maximum absolute atomic E-state index is 14.0. The molecule has 0 aliphatic rings. The zero-order chi connectivity index (χ0) is 27.9. The molecule has 5 aromatic rings. The van der Waals surface area contributed by atoms with E-state index in [9.17, 15) is 14.0 Å². The van der Waals surface area contributed by atoms with Crippen LogP contribution in [0.25, 0.3) is 11.0 Å². The molecule has 0 aliphatic heterocycles. The first-order chi connectivity index (χ1) is 19.5. The number of hydrogen-bond acceptors (Lipinski definition) is 5. The van der Waals surface area contributed by atoms with Crippen LogP contribution in [0.4, 0.5) is 4.39 Å². The first-order valence-electron chi connectivity index (χ1n) is 12.8. The number of para-hydroxylation sites is 1. The first-order valence-corrected chi connectivity index (χ1v) is 12.8. The quantitative estimate of drug-likeness (QED) is 0.280. The zero-order valence-corrected chi connectivity index (χ0v) is 21.9. The summed E-state index contributed by atoms with van der Waals surface area (Å²) in [4.78, 5) is 29.4. The third-order valence-electron chi connectivity index (χ3n) is 6.57. The van der Waals surface area contributed by atoms with Crippen LogP contribution < -0.4 is 10.1 Å². The van der Waals surface area contributed by atoms with Crippen LogP contribution in [-0.2, 0) is 29.2 Å². The van der Waals surface area contributed by atoms with Gasteiger partial charge in [-0.25, -0.2) is 9.07 Å². The second-order valence-corrected chi connectivity index (χ2v) is 9.27. The van der Waals surface area contributed by atoms with Gasteiger partial charge < -0.3 is 15.0 Å². The molecule has 5 rings (SSSR count). The fraction of sp³-hybridized carbons (Fsp3) is 0.161. The van der Waals surface area contributed by atoms with Crippen LogP contribution in [0, 0.1) is 5.82 Å². The van der Waals surface area contributed by atoms with E-state index in [-0.39, 0.29) is 37.3 Å². The van der Waals surface area contributed by atoms with Crippen molar-refractivity contribution >= 4 is 22.8 Å². The Morgan fingerprint density at radius 3 is 2.45 bits per heavy atom. The fourth-order valence-electron chi connectivity index (χ4n) is 4.54. The molecular weight excluding hydrogens is 509 g/mol. The molecule has 0 aliphatic carbocycles. The van der Waals surface area contributed by atoms with E-state index in [1.807, 2.05) is 78.9 Å². The lowest BCUT2D eigenvalue weighted by Gasteiger charge is -2.32. The molecule has 1 atom stereocenters. The van der Waals surface area contributed by atoms with Crippen molar-refractivity contribution in [3.05, 3.63) is 126 Å². The number of halogens is 1. The van der Waals surface area contributed by atoms with Crippen molar-refractivity contribution in [2.75, 3.05) is 7.11 Å². The molecule has 1 aromatic heterocycles. The summed E-state index contributed by atoms with van der Waals surface area (Å²) in [6, 6.07) is 28.9. The van der Waals surface area contributed by atoms with E-state index in [0.29, 0.717) is 22.3 Å². The Morgan fingerprint density at radius 1 is 0.925 bits per heavy atom. The minimum atomic E-state index is -0.949.